The predicted octanol–water partition coefficient (Wildman–Crippen LogP) is 7.49. The fraction of sp³-hybridized carbons (Fsp3) is 0.371. The van der Waals surface area contributed by atoms with Gasteiger partial charge in [-0.25, -0.2) is 0 Å². The first kappa shape index (κ1) is 29.9. The molecule has 4 rings (SSSR count). The standard InChI is InChI=1S/C35H41NO5/c1-9-40-28-18-17-24(20-26(28)34(3,4)5)31(37)29-30(23-15-12-13-22(2)19-23)36(33(39)32(29)38)21-25-14-10-11-16-27(25)41-35(6,7)8/h10-20,30,37H,9,21H2,1-8H3/b31-29-. The van der Waals surface area contributed by atoms with Crippen molar-refractivity contribution in [3.63, 3.8) is 0 Å². The Morgan fingerprint density at radius 1 is 0.902 bits per heavy atom. The van der Waals surface area contributed by atoms with Crippen LogP contribution in [-0.4, -0.2) is 33.9 Å². The largest absolute Gasteiger partial charge is 0.507 e. The number of aliphatic hydroxyl groups excluding tert-OH is 1. The fourth-order valence-corrected chi connectivity index (χ4v) is 5.18. The molecule has 1 atom stereocenters. The normalized spacial score (nSPS) is 17.2. The van der Waals surface area contributed by atoms with Gasteiger partial charge in [0.25, 0.3) is 11.7 Å². The van der Waals surface area contributed by atoms with Crippen LogP contribution in [0.1, 0.15) is 82.3 Å². The lowest BCUT2D eigenvalue weighted by Gasteiger charge is -2.28. The number of carbonyl (C=O) groups is 2. The Balaban J connectivity index is 1.88. The molecule has 0 bridgehead atoms. The van der Waals surface area contributed by atoms with Gasteiger partial charge in [0.15, 0.2) is 0 Å². The van der Waals surface area contributed by atoms with Gasteiger partial charge >= 0.3 is 0 Å². The van der Waals surface area contributed by atoms with E-state index in [-0.39, 0.29) is 23.3 Å². The maximum atomic E-state index is 13.7. The number of ketones is 1. The van der Waals surface area contributed by atoms with Crippen molar-refractivity contribution in [2.45, 2.75) is 79.0 Å². The van der Waals surface area contributed by atoms with Crippen LogP contribution in [0.2, 0.25) is 0 Å². The molecule has 1 amide bonds. The molecule has 0 aromatic heterocycles. The first-order valence-electron chi connectivity index (χ1n) is 14.1. The number of likely N-dealkylation sites (tertiary alicyclic amines) is 1. The lowest BCUT2D eigenvalue weighted by atomic mass is 9.84. The van der Waals surface area contributed by atoms with E-state index in [0.717, 1.165) is 28.0 Å². The van der Waals surface area contributed by atoms with Gasteiger partial charge in [-0.2, -0.15) is 0 Å². The highest BCUT2D eigenvalue weighted by atomic mass is 16.5. The van der Waals surface area contributed by atoms with Crippen molar-refractivity contribution in [3.8, 4) is 11.5 Å². The molecule has 0 radical (unpaired) electrons. The molecule has 3 aromatic rings. The van der Waals surface area contributed by atoms with Crippen molar-refractivity contribution < 1.29 is 24.2 Å². The average molecular weight is 556 g/mol. The number of nitrogens with zero attached hydrogens (tertiary/aromatic N) is 1. The number of carbonyl (C=O) groups excluding carboxylic acids is 2. The van der Waals surface area contributed by atoms with Gasteiger partial charge in [0, 0.05) is 16.7 Å². The molecule has 1 unspecified atom stereocenters. The maximum absolute atomic E-state index is 13.7. The number of ether oxygens (including phenoxy) is 2. The molecular weight excluding hydrogens is 514 g/mol. The second kappa shape index (κ2) is 11.4. The van der Waals surface area contributed by atoms with E-state index in [1.54, 1.807) is 6.07 Å². The summed E-state index contributed by atoms with van der Waals surface area (Å²) in [6.07, 6.45) is 0. The Morgan fingerprint density at radius 3 is 2.24 bits per heavy atom. The van der Waals surface area contributed by atoms with Crippen LogP contribution < -0.4 is 9.47 Å². The summed E-state index contributed by atoms with van der Waals surface area (Å²) in [5.74, 6) is -0.209. The van der Waals surface area contributed by atoms with Gasteiger partial charge in [-0.3, -0.25) is 9.59 Å². The van der Waals surface area contributed by atoms with Gasteiger partial charge in [0.2, 0.25) is 0 Å². The number of aryl methyl sites for hydroxylation is 1. The third-order valence-corrected chi connectivity index (χ3v) is 6.99. The van der Waals surface area contributed by atoms with Crippen molar-refractivity contribution in [2.24, 2.45) is 0 Å². The van der Waals surface area contributed by atoms with Crippen LogP contribution in [0.15, 0.2) is 72.3 Å². The van der Waals surface area contributed by atoms with Crippen molar-refractivity contribution in [3.05, 3.63) is 100 Å². The van der Waals surface area contributed by atoms with Crippen molar-refractivity contribution in [2.75, 3.05) is 6.61 Å². The van der Waals surface area contributed by atoms with E-state index in [1.807, 2.05) is 95.3 Å². The SMILES string of the molecule is CCOc1ccc(/C(O)=C2/C(=O)C(=O)N(Cc3ccccc3OC(C)(C)C)C2c2cccc(C)c2)cc1C(C)(C)C. The van der Waals surface area contributed by atoms with Crippen molar-refractivity contribution in [1.82, 2.24) is 4.90 Å². The molecule has 1 N–H and O–H groups in total. The van der Waals surface area contributed by atoms with E-state index in [2.05, 4.69) is 20.8 Å². The van der Waals surface area contributed by atoms with Crippen LogP contribution in [0.25, 0.3) is 5.76 Å². The third-order valence-electron chi connectivity index (χ3n) is 6.99. The van der Waals surface area contributed by atoms with Gasteiger partial charge in [0.05, 0.1) is 24.8 Å². The lowest BCUT2D eigenvalue weighted by molar-refractivity contribution is -0.140. The zero-order valence-electron chi connectivity index (χ0n) is 25.4. The fourth-order valence-electron chi connectivity index (χ4n) is 5.18. The summed E-state index contributed by atoms with van der Waals surface area (Å²) in [5.41, 5.74) is 3.22. The highest BCUT2D eigenvalue weighted by molar-refractivity contribution is 6.46. The van der Waals surface area contributed by atoms with Gasteiger partial charge in [-0.1, -0.05) is 68.8 Å². The van der Waals surface area contributed by atoms with E-state index >= 15 is 0 Å². The summed E-state index contributed by atoms with van der Waals surface area (Å²) < 4.78 is 12.0. The number of aliphatic hydroxyl groups is 1. The molecule has 1 aliphatic rings. The van der Waals surface area contributed by atoms with E-state index in [4.69, 9.17) is 9.47 Å². The summed E-state index contributed by atoms with van der Waals surface area (Å²) >= 11 is 0. The summed E-state index contributed by atoms with van der Waals surface area (Å²) in [7, 11) is 0. The third kappa shape index (κ3) is 6.48. The first-order valence-corrected chi connectivity index (χ1v) is 14.1. The van der Waals surface area contributed by atoms with Gasteiger partial charge in [0.1, 0.15) is 22.9 Å². The van der Waals surface area contributed by atoms with Crippen molar-refractivity contribution >= 4 is 17.4 Å². The summed E-state index contributed by atoms with van der Waals surface area (Å²) in [6.45, 7) is 16.6. The summed E-state index contributed by atoms with van der Waals surface area (Å²) in [4.78, 5) is 28.9. The molecule has 1 saturated heterocycles. The minimum Gasteiger partial charge on any atom is -0.507 e. The molecule has 1 aliphatic heterocycles. The second-order valence-corrected chi connectivity index (χ2v) is 12.6. The molecular formula is C35H41NO5. The second-order valence-electron chi connectivity index (χ2n) is 12.6. The molecule has 216 valence electrons. The zero-order chi connectivity index (χ0) is 30.1. The van der Waals surface area contributed by atoms with E-state index in [9.17, 15) is 14.7 Å². The van der Waals surface area contributed by atoms with E-state index in [1.165, 1.54) is 4.90 Å². The molecule has 0 spiro atoms. The first-order chi connectivity index (χ1) is 19.2. The number of amides is 1. The van der Waals surface area contributed by atoms with E-state index < -0.39 is 23.3 Å². The Hall–Kier alpha value is -4.06. The molecule has 6 nitrogen and oxygen atoms in total. The lowest BCUT2D eigenvalue weighted by Crippen LogP contribution is -2.30. The molecule has 6 heteroatoms. The minimum absolute atomic E-state index is 0.0684. The number of Topliss-reactive ketones (excluding diaryl/α,β-unsaturated/α-hetero) is 1. The number of hydrogen-bond acceptors (Lipinski definition) is 5. The molecule has 1 fully saturated rings. The highest BCUT2D eigenvalue weighted by Gasteiger charge is 2.46. The molecule has 0 aliphatic carbocycles. The Labute approximate surface area is 243 Å². The molecule has 41 heavy (non-hydrogen) atoms. The Bertz CT molecular complexity index is 1490. The summed E-state index contributed by atoms with van der Waals surface area (Å²) in [5, 5.41) is 11.7. The van der Waals surface area contributed by atoms with Crippen LogP contribution in [0.4, 0.5) is 0 Å². The van der Waals surface area contributed by atoms with Crippen LogP contribution in [-0.2, 0) is 21.5 Å². The van der Waals surface area contributed by atoms with Gasteiger partial charge in [-0.15, -0.1) is 0 Å². The monoisotopic (exact) mass is 555 g/mol. The number of hydrogen-bond donors (Lipinski definition) is 1. The molecule has 3 aromatic carbocycles. The summed E-state index contributed by atoms with van der Waals surface area (Å²) in [6, 6.07) is 19.9. The highest BCUT2D eigenvalue weighted by Crippen LogP contribution is 2.42. The van der Waals surface area contributed by atoms with Crippen LogP contribution in [0, 0.1) is 6.92 Å². The smallest absolute Gasteiger partial charge is 0.295 e. The number of rotatable bonds is 7. The topological polar surface area (TPSA) is 76.1 Å². The maximum Gasteiger partial charge on any atom is 0.295 e. The van der Waals surface area contributed by atoms with E-state index in [0.29, 0.717) is 17.9 Å². The quantitative estimate of drug-likeness (QED) is 0.186. The number of para-hydroxylation sites is 1. The average Bonchev–Trinajstić information content (AvgIpc) is 3.13. The van der Waals surface area contributed by atoms with Gasteiger partial charge in [-0.05, 0) is 69.9 Å². The van der Waals surface area contributed by atoms with Crippen LogP contribution >= 0.6 is 0 Å². The molecule has 1 heterocycles. The predicted molar refractivity (Wildman–Crippen MR) is 162 cm³/mol. The van der Waals surface area contributed by atoms with Crippen LogP contribution in [0.3, 0.4) is 0 Å². The molecule has 0 saturated carbocycles. The Kier molecular flexibility index (Phi) is 8.34. The zero-order valence-corrected chi connectivity index (χ0v) is 25.4. The van der Waals surface area contributed by atoms with Crippen LogP contribution in [0.5, 0.6) is 11.5 Å². The van der Waals surface area contributed by atoms with Gasteiger partial charge < -0.3 is 19.5 Å². The number of benzene rings is 3. The van der Waals surface area contributed by atoms with Crippen molar-refractivity contribution in [1.29, 1.82) is 0 Å². The Morgan fingerprint density at radius 2 is 1.61 bits per heavy atom. The minimum atomic E-state index is -0.776.